The van der Waals surface area contributed by atoms with Crippen LogP contribution in [0.5, 0.6) is 0 Å². The Morgan fingerprint density at radius 3 is 2.68 bits per heavy atom. The minimum Gasteiger partial charge on any atom is -0.465 e. The van der Waals surface area contributed by atoms with Crippen molar-refractivity contribution in [3.05, 3.63) is 46.0 Å². The van der Waals surface area contributed by atoms with E-state index in [0.717, 1.165) is 0 Å². The maximum absolute atomic E-state index is 12.5. The van der Waals surface area contributed by atoms with Crippen molar-refractivity contribution in [2.24, 2.45) is 11.3 Å². The van der Waals surface area contributed by atoms with Gasteiger partial charge in [0.1, 0.15) is 5.41 Å². The van der Waals surface area contributed by atoms with Gasteiger partial charge < -0.3 is 4.74 Å². The zero-order valence-corrected chi connectivity index (χ0v) is 12.2. The third-order valence-corrected chi connectivity index (χ3v) is 4.93. The van der Waals surface area contributed by atoms with Crippen LogP contribution in [0.3, 0.4) is 0 Å². The summed E-state index contributed by atoms with van der Waals surface area (Å²) in [6, 6.07) is 7.91. The lowest BCUT2D eigenvalue weighted by Crippen LogP contribution is -2.47. The molecule has 0 radical (unpaired) electrons. The topological polar surface area (TPSA) is 86.5 Å². The van der Waals surface area contributed by atoms with Gasteiger partial charge in [0.25, 0.3) is 0 Å². The summed E-state index contributed by atoms with van der Waals surface area (Å²) in [6.45, 7) is 1.83. The lowest BCUT2D eigenvalue weighted by atomic mass is 9.69. The van der Waals surface area contributed by atoms with Crippen LogP contribution in [0.15, 0.2) is 30.3 Å². The van der Waals surface area contributed by atoms with Gasteiger partial charge in [0.05, 0.1) is 12.5 Å². The monoisotopic (exact) mass is 303 g/mol. The number of carbonyl (C=O) groups excluding carboxylic acids is 2. The van der Waals surface area contributed by atoms with Gasteiger partial charge in [0, 0.05) is 17.3 Å². The zero-order chi connectivity index (χ0) is 15.9. The second kappa shape index (κ2) is 5.19. The number of nitro groups is 1. The van der Waals surface area contributed by atoms with Crippen LogP contribution in [0.1, 0.15) is 31.2 Å². The number of carbonyl (C=O) groups is 2. The van der Waals surface area contributed by atoms with Crippen molar-refractivity contribution < 1.29 is 19.2 Å². The highest BCUT2D eigenvalue weighted by atomic mass is 16.6. The van der Waals surface area contributed by atoms with Crippen LogP contribution < -0.4 is 0 Å². The van der Waals surface area contributed by atoms with Gasteiger partial charge in [-0.15, -0.1) is 0 Å². The number of ether oxygens (including phenoxy) is 1. The normalized spacial score (nSPS) is 33.0. The molecule has 0 amide bonds. The molecule has 0 aliphatic heterocycles. The number of benzene rings is 1. The molecule has 4 atom stereocenters. The van der Waals surface area contributed by atoms with Crippen LogP contribution in [0.4, 0.5) is 0 Å². The second-order valence-corrected chi connectivity index (χ2v) is 5.95. The maximum atomic E-state index is 12.5. The van der Waals surface area contributed by atoms with E-state index in [1.807, 2.05) is 0 Å². The zero-order valence-electron chi connectivity index (χ0n) is 12.2. The van der Waals surface area contributed by atoms with Crippen molar-refractivity contribution >= 4 is 11.8 Å². The molecular formula is C16H17NO5. The van der Waals surface area contributed by atoms with Crippen molar-refractivity contribution in [1.82, 2.24) is 0 Å². The number of fused-ring (bicyclic) bond motifs is 2. The van der Waals surface area contributed by atoms with Crippen molar-refractivity contribution in [1.29, 1.82) is 0 Å². The molecule has 0 heterocycles. The number of rotatable bonds is 4. The fraction of sp³-hybridized carbons (Fsp3) is 0.500. The molecule has 2 bridgehead atoms. The van der Waals surface area contributed by atoms with Gasteiger partial charge in [-0.25, -0.2) is 0 Å². The molecule has 0 saturated heterocycles. The van der Waals surface area contributed by atoms with E-state index in [9.17, 15) is 19.7 Å². The van der Waals surface area contributed by atoms with E-state index in [1.165, 1.54) is 0 Å². The molecule has 1 aromatic carbocycles. The quantitative estimate of drug-likeness (QED) is 0.367. The lowest BCUT2D eigenvalue weighted by molar-refractivity contribution is -0.533. The highest BCUT2D eigenvalue weighted by Gasteiger charge is 2.72. The number of ketones is 1. The Hall–Kier alpha value is -2.24. The average Bonchev–Trinajstić information content (AvgIpc) is 3.01. The molecule has 3 rings (SSSR count). The van der Waals surface area contributed by atoms with Crippen molar-refractivity contribution in [3.63, 3.8) is 0 Å². The Labute approximate surface area is 127 Å². The van der Waals surface area contributed by atoms with Gasteiger partial charge in [-0.2, -0.15) is 0 Å². The largest absolute Gasteiger partial charge is 0.465 e. The van der Waals surface area contributed by atoms with E-state index in [2.05, 4.69) is 0 Å². The summed E-state index contributed by atoms with van der Waals surface area (Å²) in [6.07, 6.45) is 0.309. The molecule has 2 fully saturated rings. The smallest absolute Gasteiger partial charge is 0.320 e. The van der Waals surface area contributed by atoms with Gasteiger partial charge in [-0.1, -0.05) is 30.3 Å². The van der Waals surface area contributed by atoms with Gasteiger partial charge >= 0.3 is 5.97 Å². The molecule has 0 aromatic heterocycles. The molecule has 2 saturated carbocycles. The fourth-order valence-electron chi connectivity index (χ4n) is 4.15. The molecule has 6 nitrogen and oxygen atoms in total. The SMILES string of the molecule is CCOC(=O)C12CC(CC1=O)[C@@H]([N+](=O)[O-])[C@@H]2c1ccccc1. The van der Waals surface area contributed by atoms with Crippen molar-refractivity contribution in [2.45, 2.75) is 31.7 Å². The summed E-state index contributed by atoms with van der Waals surface area (Å²) in [5.41, 5.74) is -0.729. The number of nitrogens with zero attached hydrogens (tertiary/aromatic N) is 1. The van der Waals surface area contributed by atoms with Crippen molar-refractivity contribution in [3.8, 4) is 0 Å². The third-order valence-electron chi connectivity index (χ3n) is 4.93. The van der Waals surface area contributed by atoms with Crippen LogP contribution >= 0.6 is 0 Å². The molecule has 2 aliphatic rings. The lowest BCUT2D eigenvalue weighted by Gasteiger charge is -2.32. The van der Waals surface area contributed by atoms with Gasteiger partial charge in [0.15, 0.2) is 5.78 Å². The Morgan fingerprint density at radius 1 is 1.41 bits per heavy atom. The predicted molar refractivity (Wildman–Crippen MR) is 76.8 cm³/mol. The van der Waals surface area contributed by atoms with Crippen molar-refractivity contribution in [2.75, 3.05) is 6.61 Å². The van der Waals surface area contributed by atoms with Crippen LogP contribution in [0.2, 0.25) is 0 Å². The Morgan fingerprint density at radius 2 is 2.09 bits per heavy atom. The summed E-state index contributed by atoms with van der Waals surface area (Å²) < 4.78 is 5.11. The second-order valence-electron chi connectivity index (χ2n) is 5.95. The first-order valence-electron chi connectivity index (χ1n) is 7.41. The summed E-state index contributed by atoms with van der Waals surface area (Å²) in [7, 11) is 0. The van der Waals surface area contributed by atoms with E-state index in [1.54, 1.807) is 37.3 Å². The summed E-state index contributed by atoms with van der Waals surface area (Å²) >= 11 is 0. The minimum absolute atomic E-state index is 0.0911. The maximum Gasteiger partial charge on any atom is 0.320 e. The number of esters is 1. The van der Waals surface area contributed by atoms with E-state index < -0.39 is 29.3 Å². The molecule has 2 unspecified atom stereocenters. The van der Waals surface area contributed by atoms with Gasteiger partial charge in [-0.05, 0) is 18.9 Å². The molecule has 6 heteroatoms. The van der Waals surface area contributed by atoms with Crippen LogP contribution in [-0.2, 0) is 14.3 Å². The summed E-state index contributed by atoms with van der Waals surface area (Å²) in [5.74, 6) is -1.96. The van der Waals surface area contributed by atoms with Crippen LogP contribution in [0, 0.1) is 21.4 Å². The predicted octanol–water partition coefficient (Wildman–Crippen LogP) is 1.96. The van der Waals surface area contributed by atoms with E-state index in [4.69, 9.17) is 4.74 Å². The molecule has 2 aliphatic carbocycles. The van der Waals surface area contributed by atoms with Gasteiger partial charge in [0.2, 0.25) is 6.04 Å². The fourth-order valence-corrected chi connectivity index (χ4v) is 4.15. The standard InChI is InChI=1S/C16H17NO5/c1-2-22-15(19)16-9-11(8-12(16)18)14(17(20)21)13(16)10-6-4-3-5-7-10/h3-7,11,13-14H,2,8-9H2,1H3/t11?,13-,14+,16?/m0/s1. The first kappa shape index (κ1) is 14.7. The Bertz CT molecular complexity index is 629. The average molecular weight is 303 g/mol. The minimum atomic E-state index is -1.39. The first-order valence-corrected chi connectivity index (χ1v) is 7.41. The van der Waals surface area contributed by atoms with Crippen LogP contribution in [0.25, 0.3) is 0 Å². The molecule has 1 aromatic rings. The molecule has 116 valence electrons. The number of Topliss-reactive ketones (excluding diaryl/α,β-unsaturated/α-hetero) is 1. The molecule has 0 spiro atoms. The molecule has 22 heavy (non-hydrogen) atoms. The van der Waals surface area contributed by atoms with E-state index in [0.29, 0.717) is 5.56 Å². The number of hydrogen-bond donors (Lipinski definition) is 0. The Kier molecular flexibility index (Phi) is 3.47. The van der Waals surface area contributed by atoms with E-state index >= 15 is 0 Å². The Balaban J connectivity index is 2.13. The molecule has 0 N–H and O–H groups in total. The van der Waals surface area contributed by atoms with Gasteiger partial charge in [-0.3, -0.25) is 19.7 Å². The van der Waals surface area contributed by atoms with Crippen LogP contribution in [-0.4, -0.2) is 29.3 Å². The summed E-state index contributed by atoms with van der Waals surface area (Å²) in [4.78, 5) is 36.2. The highest BCUT2D eigenvalue weighted by Crippen LogP contribution is 2.61. The molecular weight excluding hydrogens is 286 g/mol. The first-order chi connectivity index (χ1) is 10.5. The number of hydrogen-bond acceptors (Lipinski definition) is 5. The van der Waals surface area contributed by atoms with E-state index in [-0.39, 0.29) is 30.2 Å². The third kappa shape index (κ3) is 1.86. The highest BCUT2D eigenvalue weighted by molar-refractivity contribution is 6.07. The summed E-state index contributed by atoms with van der Waals surface area (Å²) in [5, 5.41) is 11.5.